The topological polar surface area (TPSA) is 80.9 Å². The molecule has 0 saturated heterocycles. The Bertz CT molecular complexity index is 549. The molecule has 0 spiro atoms. The van der Waals surface area contributed by atoms with Gasteiger partial charge in [-0.1, -0.05) is 36.4 Å². The summed E-state index contributed by atoms with van der Waals surface area (Å²) < 4.78 is 0. The first-order valence-corrected chi connectivity index (χ1v) is 5.29. The van der Waals surface area contributed by atoms with Crippen LogP contribution in [0.2, 0.25) is 0 Å². The average molecular weight is 244 g/mol. The fraction of sp³-hybridized carbons (Fsp3) is 0. The van der Waals surface area contributed by atoms with Gasteiger partial charge in [0.15, 0.2) is 23.0 Å². The Morgan fingerprint density at radius 2 is 1.00 bits per heavy atom. The minimum absolute atomic E-state index is 0.211. The molecule has 0 atom stereocenters. The van der Waals surface area contributed by atoms with Crippen LogP contribution in [0.4, 0.5) is 0 Å². The monoisotopic (exact) mass is 244 g/mol. The summed E-state index contributed by atoms with van der Waals surface area (Å²) in [6.45, 7) is 0. The summed E-state index contributed by atoms with van der Waals surface area (Å²) in [5, 5.41) is 37.8. The van der Waals surface area contributed by atoms with Crippen LogP contribution in [0.25, 0.3) is 12.2 Å². The van der Waals surface area contributed by atoms with Crippen LogP contribution in [0.15, 0.2) is 36.4 Å². The third kappa shape index (κ3) is 2.22. The van der Waals surface area contributed by atoms with Crippen molar-refractivity contribution in [2.24, 2.45) is 0 Å². The van der Waals surface area contributed by atoms with Gasteiger partial charge in [0.2, 0.25) is 0 Å². The predicted octanol–water partition coefficient (Wildman–Crippen LogP) is 2.68. The number of hydrogen-bond acceptors (Lipinski definition) is 4. The van der Waals surface area contributed by atoms with E-state index in [0.717, 1.165) is 0 Å². The van der Waals surface area contributed by atoms with E-state index in [9.17, 15) is 20.4 Å². The Kier molecular flexibility index (Phi) is 3.10. The summed E-state index contributed by atoms with van der Waals surface area (Å²) >= 11 is 0. The van der Waals surface area contributed by atoms with E-state index < -0.39 is 0 Å². The lowest BCUT2D eigenvalue weighted by molar-refractivity contribution is 0.402. The Hall–Kier alpha value is -2.62. The quantitative estimate of drug-likeness (QED) is 0.483. The van der Waals surface area contributed by atoms with Gasteiger partial charge in [0.1, 0.15) is 0 Å². The van der Waals surface area contributed by atoms with Gasteiger partial charge >= 0.3 is 0 Å². The summed E-state index contributed by atoms with van der Waals surface area (Å²) in [6, 6.07) is 9.17. The molecule has 0 aliphatic heterocycles. The molecule has 0 unspecified atom stereocenters. The standard InChI is InChI=1S/C14H12O4/c15-11-5-1-3-9(13(11)17)7-8-10-4-2-6-12(16)14(10)18/h1-8,15-18H. The van der Waals surface area contributed by atoms with Crippen molar-refractivity contribution in [2.75, 3.05) is 0 Å². The number of hydrogen-bond donors (Lipinski definition) is 4. The van der Waals surface area contributed by atoms with Crippen LogP contribution in [0.3, 0.4) is 0 Å². The molecule has 0 aliphatic carbocycles. The van der Waals surface area contributed by atoms with Crippen LogP contribution in [0.1, 0.15) is 11.1 Å². The summed E-state index contributed by atoms with van der Waals surface area (Å²) in [7, 11) is 0. The molecule has 0 saturated carbocycles. The molecule has 2 aromatic carbocycles. The maximum absolute atomic E-state index is 9.59. The van der Waals surface area contributed by atoms with Crippen LogP contribution >= 0.6 is 0 Å². The highest BCUT2D eigenvalue weighted by Gasteiger charge is 2.04. The van der Waals surface area contributed by atoms with Crippen LogP contribution in [-0.2, 0) is 0 Å². The number of phenols is 4. The number of aromatic hydroxyl groups is 4. The van der Waals surface area contributed by atoms with Crippen LogP contribution in [0, 0.1) is 0 Å². The zero-order chi connectivity index (χ0) is 13.1. The number of rotatable bonds is 2. The Morgan fingerprint density at radius 1 is 0.611 bits per heavy atom. The summed E-state index contributed by atoms with van der Waals surface area (Å²) in [4.78, 5) is 0. The predicted molar refractivity (Wildman–Crippen MR) is 68.5 cm³/mol. The van der Waals surface area contributed by atoms with Crippen LogP contribution in [0.5, 0.6) is 23.0 Å². The summed E-state index contributed by atoms with van der Waals surface area (Å²) in [5.41, 5.74) is 0.829. The van der Waals surface area contributed by atoms with E-state index in [1.807, 2.05) is 0 Å². The van der Waals surface area contributed by atoms with Gasteiger partial charge in [-0.3, -0.25) is 0 Å². The summed E-state index contributed by atoms with van der Waals surface area (Å²) in [6.07, 6.45) is 3.06. The molecule has 0 aromatic heterocycles. The molecule has 0 aliphatic rings. The first-order chi connectivity index (χ1) is 8.59. The molecule has 2 rings (SSSR count). The van der Waals surface area contributed by atoms with Crippen molar-refractivity contribution in [3.05, 3.63) is 47.5 Å². The largest absolute Gasteiger partial charge is 0.504 e. The second-order valence-corrected chi connectivity index (χ2v) is 3.76. The van der Waals surface area contributed by atoms with Gasteiger partial charge < -0.3 is 20.4 Å². The van der Waals surface area contributed by atoms with Gasteiger partial charge in [0.05, 0.1) is 0 Å². The smallest absolute Gasteiger partial charge is 0.164 e. The second kappa shape index (κ2) is 4.71. The maximum Gasteiger partial charge on any atom is 0.164 e. The van der Waals surface area contributed by atoms with Gasteiger partial charge in [-0.15, -0.1) is 0 Å². The van der Waals surface area contributed by atoms with Crippen molar-refractivity contribution in [1.82, 2.24) is 0 Å². The SMILES string of the molecule is Oc1cccc(C=Cc2cccc(O)c2O)c1O. The van der Waals surface area contributed by atoms with E-state index in [0.29, 0.717) is 11.1 Å². The van der Waals surface area contributed by atoms with E-state index in [-0.39, 0.29) is 23.0 Å². The highest BCUT2D eigenvalue weighted by molar-refractivity contribution is 5.76. The van der Waals surface area contributed by atoms with Gasteiger partial charge in [0, 0.05) is 11.1 Å². The fourth-order valence-electron chi connectivity index (χ4n) is 1.55. The molecule has 4 N–H and O–H groups in total. The minimum Gasteiger partial charge on any atom is -0.504 e. The van der Waals surface area contributed by atoms with Crippen LogP contribution < -0.4 is 0 Å². The molecular weight excluding hydrogens is 232 g/mol. The van der Waals surface area contributed by atoms with Crippen molar-refractivity contribution in [3.8, 4) is 23.0 Å². The molecule has 4 heteroatoms. The highest BCUT2D eigenvalue weighted by atomic mass is 16.3. The molecule has 0 radical (unpaired) electrons. The molecule has 2 aromatic rings. The lowest BCUT2D eigenvalue weighted by Crippen LogP contribution is -1.77. The molecular formula is C14H12O4. The van der Waals surface area contributed by atoms with Gasteiger partial charge in [0.25, 0.3) is 0 Å². The first-order valence-electron chi connectivity index (χ1n) is 5.29. The second-order valence-electron chi connectivity index (χ2n) is 3.76. The normalized spacial score (nSPS) is 10.9. The van der Waals surface area contributed by atoms with E-state index in [2.05, 4.69) is 0 Å². The molecule has 0 bridgehead atoms. The van der Waals surface area contributed by atoms with Crippen molar-refractivity contribution in [1.29, 1.82) is 0 Å². The van der Waals surface area contributed by atoms with E-state index in [1.54, 1.807) is 24.3 Å². The molecule has 92 valence electrons. The lowest BCUT2D eigenvalue weighted by Gasteiger charge is -2.03. The fourth-order valence-corrected chi connectivity index (χ4v) is 1.55. The van der Waals surface area contributed by atoms with E-state index in [1.165, 1.54) is 24.3 Å². The van der Waals surface area contributed by atoms with Crippen molar-refractivity contribution in [2.45, 2.75) is 0 Å². The minimum atomic E-state index is -0.228. The first kappa shape index (κ1) is 11.9. The highest BCUT2D eigenvalue weighted by Crippen LogP contribution is 2.32. The zero-order valence-corrected chi connectivity index (χ0v) is 9.41. The van der Waals surface area contributed by atoms with Crippen LogP contribution in [-0.4, -0.2) is 20.4 Å². The summed E-state index contributed by atoms with van der Waals surface area (Å²) in [5.74, 6) is -0.878. The average Bonchev–Trinajstić information content (AvgIpc) is 2.36. The maximum atomic E-state index is 9.59. The number of phenolic OH excluding ortho intramolecular Hbond substituents is 4. The number of benzene rings is 2. The van der Waals surface area contributed by atoms with Crippen molar-refractivity contribution < 1.29 is 20.4 Å². The third-order valence-corrected chi connectivity index (χ3v) is 2.53. The van der Waals surface area contributed by atoms with Gasteiger partial charge in [-0.25, -0.2) is 0 Å². The molecule has 0 fully saturated rings. The Balaban J connectivity index is 2.36. The van der Waals surface area contributed by atoms with E-state index >= 15 is 0 Å². The number of para-hydroxylation sites is 2. The molecule has 18 heavy (non-hydrogen) atoms. The zero-order valence-electron chi connectivity index (χ0n) is 9.41. The molecule has 4 nitrogen and oxygen atoms in total. The Labute approximate surface area is 104 Å². The third-order valence-electron chi connectivity index (χ3n) is 2.53. The Morgan fingerprint density at radius 3 is 1.39 bits per heavy atom. The van der Waals surface area contributed by atoms with Gasteiger partial charge in [-0.05, 0) is 12.1 Å². The van der Waals surface area contributed by atoms with Crippen molar-refractivity contribution in [3.63, 3.8) is 0 Å². The molecule has 0 amide bonds. The van der Waals surface area contributed by atoms with E-state index in [4.69, 9.17) is 0 Å². The molecule has 0 heterocycles. The van der Waals surface area contributed by atoms with Crippen molar-refractivity contribution >= 4 is 12.2 Å². The van der Waals surface area contributed by atoms with Gasteiger partial charge in [-0.2, -0.15) is 0 Å². The lowest BCUT2D eigenvalue weighted by atomic mass is 10.1.